The molecule has 2 rings (SSSR count). The van der Waals surface area contributed by atoms with Crippen LogP contribution in [0.5, 0.6) is 0 Å². The molecule has 0 saturated carbocycles. The highest BCUT2D eigenvalue weighted by Gasteiger charge is 2.13. The number of carbonyl (C=O) groups excluding carboxylic acids is 1. The number of nitrogens with one attached hydrogen (secondary N) is 1. The molecule has 0 spiro atoms. The van der Waals surface area contributed by atoms with Gasteiger partial charge in [-0.3, -0.25) is 9.59 Å². The van der Waals surface area contributed by atoms with Gasteiger partial charge in [-0.1, -0.05) is 24.3 Å². The van der Waals surface area contributed by atoms with Crippen LogP contribution in [0.3, 0.4) is 0 Å². The van der Waals surface area contributed by atoms with Crippen molar-refractivity contribution < 1.29 is 19.1 Å². The number of aryl methyl sites for hydroxylation is 2. The van der Waals surface area contributed by atoms with Gasteiger partial charge < -0.3 is 10.4 Å². The molecule has 0 aliphatic carbocycles. The molecule has 24 heavy (non-hydrogen) atoms. The average molecular weight is 329 g/mol. The first kappa shape index (κ1) is 17.7. The third-order valence-corrected chi connectivity index (χ3v) is 3.91. The smallest absolute Gasteiger partial charge is 0.303 e. The maximum absolute atomic E-state index is 14.2. The molecule has 5 heteroatoms. The Balaban J connectivity index is 2.10. The zero-order chi connectivity index (χ0) is 17.7. The molecule has 0 aliphatic rings. The fourth-order valence-corrected chi connectivity index (χ4v) is 2.34. The highest BCUT2D eigenvalue weighted by Crippen LogP contribution is 2.24. The van der Waals surface area contributed by atoms with Crippen LogP contribution in [-0.4, -0.2) is 23.5 Å². The van der Waals surface area contributed by atoms with Gasteiger partial charge in [-0.15, -0.1) is 0 Å². The van der Waals surface area contributed by atoms with Crippen LogP contribution in [-0.2, 0) is 4.79 Å². The van der Waals surface area contributed by atoms with Gasteiger partial charge in [0, 0.05) is 13.0 Å². The lowest BCUT2D eigenvalue weighted by atomic mass is 9.99. The summed E-state index contributed by atoms with van der Waals surface area (Å²) in [6.07, 6.45) is 0.276. The highest BCUT2D eigenvalue weighted by atomic mass is 19.1. The molecule has 0 saturated heterocycles. The number of rotatable bonds is 6. The Morgan fingerprint density at radius 3 is 2.33 bits per heavy atom. The van der Waals surface area contributed by atoms with Crippen LogP contribution in [0.25, 0.3) is 11.1 Å². The second-order valence-electron chi connectivity index (χ2n) is 5.75. The summed E-state index contributed by atoms with van der Waals surface area (Å²) in [4.78, 5) is 22.4. The zero-order valence-corrected chi connectivity index (χ0v) is 13.7. The number of carboxylic acids is 1. The zero-order valence-electron chi connectivity index (χ0n) is 13.7. The minimum atomic E-state index is -0.923. The van der Waals surface area contributed by atoms with Gasteiger partial charge >= 0.3 is 5.97 Å². The van der Waals surface area contributed by atoms with Gasteiger partial charge in [0.05, 0.1) is 5.56 Å². The number of amides is 1. The number of carbonyl (C=O) groups is 2. The maximum Gasteiger partial charge on any atom is 0.303 e. The summed E-state index contributed by atoms with van der Waals surface area (Å²) in [5.41, 5.74) is 3.84. The largest absolute Gasteiger partial charge is 0.481 e. The van der Waals surface area contributed by atoms with E-state index in [1.54, 1.807) is 6.07 Å². The lowest BCUT2D eigenvalue weighted by molar-refractivity contribution is -0.137. The molecule has 0 atom stereocenters. The van der Waals surface area contributed by atoms with Crippen LogP contribution < -0.4 is 5.32 Å². The van der Waals surface area contributed by atoms with E-state index in [0.29, 0.717) is 12.0 Å². The fourth-order valence-electron chi connectivity index (χ4n) is 2.34. The molecule has 126 valence electrons. The maximum atomic E-state index is 14.2. The Labute approximate surface area is 140 Å². The molecular formula is C19H20FNO3. The summed E-state index contributed by atoms with van der Waals surface area (Å²) in [6, 6.07) is 10.4. The Bertz CT molecular complexity index is 771. The van der Waals surface area contributed by atoms with E-state index in [0.717, 1.165) is 16.7 Å². The molecule has 2 N–H and O–H groups in total. The molecule has 0 aliphatic heterocycles. The molecule has 2 aromatic rings. The first-order valence-corrected chi connectivity index (χ1v) is 7.75. The number of aliphatic carboxylic acids is 1. The normalized spacial score (nSPS) is 10.5. The van der Waals surface area contributed by atoms with E-state index in [1.165, 1.54) is 12.1 Å². The van der Waals surface area contributed by atoms with Gasteiger partial charge in [0.15, 0.2) is 0 Å². The standard InChI is InChI=1S/C19H20FNO3/c1-12-5-6-14(10-13(12)2)15-7-8-16(17(20)11-15)19(24)21-9-3-4-18(22)23/h5-8,10-11H,3-4,9H2,1-2H3,(H,21,24)(H,22,23). The summed E-state index contributed by atoms with van der Waals surface area (Å²) < 4.78 is 14.2. The molecule has 0 unspecified atom stereocenters. The quantitative estimate of drug-likeness (QED) is 0.794. The molecule has 0 bridgehead atoms. The minimum Gasteiger partial charge on any atom is -0.481 e. The topological polar surface area (TPSA) is 66.4 Å². The third kappa shape index (κ3) is 4.41. The Morgan fingerprint density at radius 2 is 1.71 bits per heavy atom. The average Bonchev–Trinajstić information content (AvgIpc) is 2.53. The van der Waals surface area contributed by atoms with Crippen molar-refractivity contribution in [2.24, 2.45) is 0 Å². The van der Waals surface area contributed by atoms with Crippen LogP contribution in [0.15, 0.2) is 36.4 Å². The van der Waals surface area contributed by atoms with Crippen molar-refractivity contribution in [1.82, 2.24) is 5.32 Å². The predicted molar refractivity (Wildman–Crippen MR) is 90.5 cm³/mol. The van der Waals surface area contributed by atoms with Crippen molar-refractivity contribution >= 4 is 11.9 Å². The molecular weight excluding hydrogens is 309 g/mol. The number of halogens is 1. The predicted octanol–water partition coefficient (Wildman–Crippen LogP) is 3.70. The van der Waals surface area contributed by atoms with Crippen molar-refractivity contribution in [3.05, 3.63) is 58.9 Å². The summed E-state index contributed by atoms with van der Waals surface area (Å²) >= 11 is 0. The molecule has 4 nitrogen and oxygen atoms in total. The molecule has 0 radical (unpaired) electrons. The third-order valence-electron chi connectivity index (χ3n) is 3.91. The van der Waals surface area contributed by atoms with Crippen molar-refractivity contribution in [2.75, 3.05) is 6.54 Å². The first-order valence-electron chi connectivity index (χ1n) is 7.75. The van der Waals surface area contributed by atoms with Crippen LogP contribution in [0, 0.1) is 19.7 Å². The van der Waals surface area contributed by atoms with E-state index in [2.05, 4.69) is 5.32 Å². The van der Waals surface area contributed by atoms with Crippen LogP contribution in [0.1, 0.15) is 34.3 Å². The Morgan fingerprint density at radius 1 is 1.04 bits per heavy atom. The monoisotopic (exact) mass is 329 g/mol. The second kappa shape index (κ2) is 7.73. The van der Waals surface area contributed by atoms with Gasteiger partial charge in [0.1, 0.15) is 5.82 Å². The number of hydrogen-bond acceptors (Lipinski definition) is 2. The van der Waals surface area contributed by atoms with Crippen LogP contribution >= 0.6 is 0 Å². The van der Waals surface area contributed by atoms with E-state index in [1.807, 2.05) is 32.0 Å². The molecule has 2 aromatic carbocycles. The van der Waals surface area contributed by atoms with Gasteiger partial charge in [-0.25, -0.2) is 4.39 Å². The van der Waals surface area contributed by atoms with E-state index < -0.39 is 17.7 Å². The van der Waals surface area contributed by atoms with Gasteiger partial charge in [0.25, 0.3) is 5.91 Å². The van der Waals surface area contributed by atoms with Gasteiger partial charge in [-0.05, 0) is 54.7 Å². The number of hydrogen-bond donors (Lipinski definition) is 2. The van der Waals surface area contributed by atoms with E-state index in [-0.39, 0.29) is 18.5 Å². The Hall–Kier alpha value is -2.69. The second-order valence-corrected chi connectivity index (χ2v) is 5.75. The van der Waals surface area contributed by atoms with Crippen molar-refractivity contribution in [2.45, 2.75) is 26.7 Å². The Kier molecular flexibility index (Phi) is 5.68. The lowest BCUT2D eigenvalue weighted by Crippen LogP contribution is -2.25. The first-order chi connectivity index (χ1) is 11.4. The molecule has 0 fully saturated rings. The highest BCUT2D eigenvalue weighted by molar-refractivity contribution is 5.95. The lowest BCUT2D eigenvalue weighted by Gasteiger charge is -2.09. The van der Waals surface area contributed by atoms with Gasteiger partial charge in [0.2, 0.25) is 0 Å². The van der Waals surface area contributed by atoms with Crippen molar-refractivity contribution in [1.29, 1.82) is 0 Å². The summed E-state index contributed by atoms with van der Waals surface area (Å²) in [6.45, 7) is 4.20. The summed E-state index contributed by atoms with van der Waals surface area (Å²) in [7, 11) is 0. The van der Waals surface area contributed by atoms with Crippen molar-refractivity contribution in [3.63, 3.8) is 0 Å². The van der Waals surface area contributed by atoms with E-state index in [9.17, 15) is 14.0 Å². The molecule has 0 aromatic heterocycles. The number of benzene rings is 2. The molecule has 1 amide bonds. The van der Waals surface area contributed by atoms with E-state index >= 15 is 0 Å². The number of carboxylic acid groups (broad SMARTS) is 1. The summed E-state index contributed by atoms with van der Waals surface area (Å²) in [5.74, 6) is -2.06. The van der Waals surface area contributed by atoms with Gasteiger partial charge in [-0.2, -0.15) is 0 Å². The van der Waals surface area contributed by atoms with E-state index in [4.69, 9.17) is 5.11 Å². The summed E-state index contributed by atoms with van der Waals surface area (Å²) in [5, 5.41) is 11.1. The fraction of sp³-hybridized carbons (Fsp3) is 0.263. The van der Waals surface area contributed by atoms with Crippen LogP contribution in [0.2, 0.25) is 0 Å². The SMILES string of the molecule is Cc1ccc(-c2ccc(C(=O)NCCCC(=O)O)c(F)c2)cc1C. The molecule has 0 heterocycles. The minimum absolute atomic E-state index is 0.0333. The van der Waals surface area contributed by atoms with Crippen molar-refractivity contribution in [3.8, 4) is 11.1 Å². The van der Waals surface area contributed by atoms with Crippen LogP contribution in [0.4, 0.5) is 4.39 Å².